The van der Waals surface area contributed by atoms with Crippen molar-refractivity contribution >= 4 is 43.5 Å². The Balaban J connectivity index is 0.00000196. The Bertz CT molecular complexity index is 999. The van der Waals surface area contributed by atoms with Crippen molar-refractivity contribution < 1.29 is 51.9 Å². The second-order valence-corrected chi connectivity index (χ2v) is 9.31. The fourth-order valence-electron chi connectivity index (χ4n) is 2.61. The van der Waals surface area contributed by atoms with E-state index in [1.807, 2.05) is 29.3 Å². The summed E-state index contributed by atoms with van der Waals surface area (Å²) in [6.07, 6.45) is 0.775. The number of sulfone groups is 1. The molecule has 2 aromatic rings. The molecule has 0 spiro atoms. The van der Waals surface area contributed by atoms with Gasteiger partial charge in [-0.05, 0) is 42.0 Å². The molecule has 0 radical (unpaired) electrons. The topological polar surface area (TPSA) is 114 Å². The van der Waals surface area contributed by atoms with Crippen LogP contribution in [0.5, 0.6) is 0 Å². The number of halogens is 1. The molecule has 146 valence electrons. The standard InChI is InChI=1S/C17H16ClN2O4S2.Na.H2O/c18-14-3-1-13(2-4-14)17-9-10-20(19-17)15-5-7-16(8-6-15)26(23,24)12-11-25(21)22;;/h1-8H,9-12H2;;1H2/q-1;+1;/p-1. The normalized spacial score (nSPS) is 13.6. The van der Waals surface area contributed by atoms with Gasteiger partial charge >= 0.3 is 29.6 Å². The maximum absolute atomic E-state index is 12.1. The fourth-order valence-corrected chi connectivity index (χ4v) is 4.94. The van der Waals surface area contributed by atoms with Gasteiger partial charge in [0.25, 0.3) is 0 Å². The van der Waals surface area contributed by atoms with E-state index < -0.39 is 32.0 Å². The number of hydrogen-bond donors (Lipinski definition) is 0. The van der Waals surface area contributed by atoms with Gasteiger partial charge in [0.05, 0.1) is 16.3 Å². The van der Waals surface area contributed by atoms with Crippen LogP contribution in [0.1, 0.15) is 12.0 Å². The minimum atomic E-state index is -3.61. The van der Waals surface area contributed by atoms with E-state index in [4.69, 9.17) is 11.6 Å². The zero-order valence-corrected chi connectivity index (χ0v) is 19.5. The SMILES string of the molecule is O=[S-](=O)CCS(=O)(=O)c1ccc(N2CCC(c3ccc(Cl)cc3)=N2)cc1.[Na+].[OH-]. The first-order valence-corrected chi connectivity index (χ1v) is 11.1. The predicted octanol–water partition coefficient (Wildman–Crippen LogP) is -0.135. The van der Waals surface area contributed by atoms with Crippen molar-refractivity contribution in [3.05, 3.63) is 59.1 Å². The van der Waals surface area contributed by atoms with Crippen molar-refractivity contribution in [2.45, 2.75) is 11.3 Å². The largest absolute Gasteiger partial charge is 1.00 e. The van der Waals surface area contributed by atoms with E-state index in [-0.39, 0.29) is 39.9 Å². The van der Waals surface area contributed by atoms with E-state index in [1.54, 1.807) is 12.1 Å². The van der Waals surface area contributed by atoms with Crippen LogP contribution >= 0.6 is 11.6 Å². The number of rotatable bonds is 6. The first kappa shape index (κ1) is 25.1. The van der Waals surface area contributed by atoms with E-state index in [0.717, 1.165) is 23.4 Å². The summed E-state index contributed by atoms with van der Waals surface area (Å²) >= 11 is 5.90. The zero-order valence-electron chi connectivity index (χ0n) is 15.1. The van der Waals surface area contributed by atoms with Crippen LogP contribution in [0.15, 0.2) is 58.5 Å². The third-order valence-corrected chi connectivity index (χ3v) is 6.77. The molecule has 1 heterocycles. The minimum absolute atomic E-state index is 0. The van der Waals surface area contributed by atoms with Crippen molar-refractivity contribution in [1.29, 1.82) is 0 Å². The summed E-state index contributed by atoms with van der Waals surface area (Å²) in [7, 11) is -5.99. The first-order chi connectivity index (χ1) is 12.3. The average Bonchev–Trinajstić information content (AvgIpc) is 3.11. The van der Waals surface area contributed by atoms with Crippen molar-refractivity contribution in [3.8, 4) is 0 Å². The van der Waals surface area contributed by atoms with Crippen molar-refractivity contribution in [2.75, 3.05) is 23.1 Å². The molecule has 0 bridgehead atoms. The van der Waals surface area contributed by atoms with Gasteiger partial charge in [0, 0.05) is 23.7 Å². The fraction of sp³-hybridized carbons (Fsp3) is 0.235. The summed E-state index contributed by atoms with van der Waals surface area (Å²) in [5.74, 6) is -0.837. The maximum Gasteiger partial charge on any atom is 1.00 e. The third kappa shape index (κ3) is 6.28. The van der Waals surface area contributed by atoms with Crippen LogP contribution in [0.25, 0.3) is 0 Å². The monoisotopic (exact) mass is 451 g/mol. The molecule has 0 saturated carbocycles. The Kier molecular flexibility index (Phi) is 9.61. The maximum atomic E-state index is 12.1. The third-order valence-electron chi connectivity index (χ3n) is 3.99. The summed E-state index contributed by atoms with van der Waals surface area (Å²) in [4.78, 5) is 0.104. The number of benzene rings is 2. The molecule has 0 amide bonds. The van der Waals surface area contributed by atoms with Crippen LogP contribution < -0.4 is 34.6 Å². The molecule has 2 aromatic carbocycles. The van der Waals surface area contributed by atoms with Gasteiger partial charge < -0.3 is 13.9 Å². The molecule has 0 unspecified atom stereocenters. The number of anilines is 1. The number of hydrogen-bond acceptors (Lipinski definition) is 8. The van der Waals surface area contributed by atoms with Gasteiger partial charge in [-0.15, -0.1) is 0 Å². The summed E-state index contributed by atoms with van der Waals surface area (Å²) in [5, 5.41) is 7.07. The zero-order chi connectivity index (χ0) is 18.7. The predicted molar refractivity (Wildman–Crippen MR) is 104 cm³/mol. The number of hydrazone groups is 1. The molecular formula is C17H17ClN2NaO5S2-. The van der Waals surface area contributed by atoms with E-state index in [0.29, 0.717) is 11.6 Å². The van der Waals surface area contributed by atoms with Crippen LogP contribution in [0.3, 0.4) is 0 Å². The van der Waals surface area contributed by atoms with Crippen LogP contribution in [0, 0.1) is 0 Å². The minimum Gasteiger partial charge on any atom is -0.870 e. The molecule has 28 heavy (non-hydrogen) atoms. The molecular weight excluding hydrogens is 435 g/mol. The van der Waals surface area contributed by atoms with Crippen molar-refractivity contribution in [2.24, 2.45) is 5.10 Å². The van der Waals surface area contributed by atoms with Crippen LogP contribution in [0.2, 0.25) is 5.02 Å². The molecule has 11 heteroatoms. The first-order valence-electron chi connectivity index (χ1n) is 7.85. The molecule has 1 aliphatic heterocycles. The van der Waals surface area contributed by atoms with Crippen LogP contribution in [-0.4, -0.2) is 37.7 Å². The molecule has 0 fully saturated rings. The molecule has 0 aromatic heterocycles. The summed E-state index contributed by atoms with van der Waals surface area (Å²) < 4.78 is 45.4. The molecule has 0 aliphatic carbocycles. The summed E-state index contributed by atoms with van der Waals surface area (Å²) in [6, 6.07) is 13.8. The Morgan fingerprint density at radius 2 is 1.64 bits per heavy atom. The molecule has 7 nitrogen and oxygen atoms in total. The van der Waals surface area contributed by atoms with Crippen molar-refractivity contribution in [1.82, 2.24) is 0 Å². The van der Waals surface area contributed by atoms with Gasteiger partial charge in [-0.2, -0.15) is 5.10 Å². The average molecular weight is 452 g/mol. The molecule has 1 N–H and O–H groups in total. The molecule has 0 saturated heterocycles. The van der Waals surface area contributed by atoms with Gasteiger partial charge in [-0.25, -0.2) is 8.42 Å². The van der Waals surface area contributed by atoms with E-state index in [9.17, 15) is 16.8 Å². The van der Waals surface area contributed by atoms with E-state index in [1.165, 1.54) is 12.1 Å². The van der Waals surface area contributed by atoms with Crippen LogP contribution in [0.4, 0.5) is 5.69 Å². The van der Waals surface area contributed by atoms with Crippen molar-refractivity contribution in [3.63, 3.8) is 0 Å². The van der Waals surface area contributed by atoms with Crippen LogP contribution in [-0.2, 0) is 29.0 Å². The smallest absolute Gasteiger partial charge is 0.870 e. The molecule has 3 rings (SSSR count). The number of nitrogens with zero attached hydrogens (tertiary/aromatic N) is 2. The Labute approximate surface area is 192 Å². The van der Waals surface area contributed by atoms with Gasteiger partial charge in [0.1, 0.15) is 0 Å². The quantitative estimate of drug-likeness (QED) is 0.446. The van der Waals surface area contributed by atoms with Gasteiger partial charge in [-0.3, -0.25) is 5.01 Å². The second kappa shape index (κ2) is 10.7. The Morgan fingerprint density at radius 1 is 1.04 bits per heavy atom. The van der Waals surface area contributed by atoms with E-state index >= 15 is 0 Å². The summed E-state index contributed by atoms with van der Waals surface area (Å²) in [5.41, 5.74) is 2.72. The van der Waals surface area contributed by atoms with Gasteiger partial charge in [-0.1, -0.05) is 40.2 Å². The molecule has 1 aliphatic rings. The van der Waals surface area contributed by atoms with E-state index in [2.05, 4.69) is 5.10 Å². The van der Waals surface area contributed by atoms with Gasteiger partial charge in [0.15, 0.2) is 9.84 Å². The second-order valence-electron chi connectivity index (χ2n) is 5.75. The van der Waals surface area contributed by atoms with Gasteiger partial charge in [0.2, 0.25) is 0 Å². The summed E-state index contributed by atoms with van der Waals surface area (Å²) in [6.45, 7) is 0.694. The Hall–Kier alpha value is -0.940. The molecule has 0 atom stereocenters. The Morgan fingerprint density at radius 3 is 2.21 bits per heavy atom.